The summed E-state index contributed by atoms with van der Waals surface area (Å²) in [7, 11) is 0. The first-order valence-corrected chi connectivity index (χ1v) is 9.47. The van der Waals surface area contributed by atoms with E-state index in [1.807, 2.05) is 12.2 Å². The molecule has 1 aliphatic carbocycles. The van der Waals surface area contributed by atoms with Crippen molar-refractivity contribution in [2.75, 3.05) is 0 Å². The van der Waals surface area contributed by atoms with Crippen LogP contribution in [0.1, 0.15) is 66.7 Å². The molecule has 2 aliphatic rings. The molecule has 0 radical (unpaired) electrons. The third-order valence-electron chi connectivity index (χ3n) is 7.35. The summed E-state index contributed by atoms with van der Waals surface area (Å²) in [6.45, 7) is 10.6. The first-order valence-electron chi connectivity index (χ1n) is 9.47. The molecule has 25 heavy (non-hydrogen) atoms. The van der Waals surface area contributed by atoms with Crippen molar-refractivity contribution in [1.82, 2.24) is 5.32 Å². The first-order chi connectivity index (χ1) is 11.6. The van der Waals surface area contributed by atoms with Crippen LogP contribution in [-0.4, -0.2) is 33.2 Å². The molecule has 0 aromatic heterocycles. The van der Waals surface area contributed by atoms with Crippen LogP contribution in [0.25, 0.3) is 0 Å². The van der Waals surface area contributed by atoms with Gasteiger partial charge >= 0.3 is 11.9 Å². The number of rotatable bonds is 5. The Bertz CT molecular complexity index is 574. The van der Waals surface area contributed by atoms with Crippen LogP contribution in [0.2, 0.25) is 0 Å². The zero-order valence-corrected chi connectivity index (χ0v) is 16.1. The molecule has 1 aliphatic heterocycles. The van der Waals surface area contributed by atoms with Gasteiger partial charge in [-0.25, -0.2) is 0 Å². The highest BCUT2D eigenvalue weighted by atomic mass is 16.4. The Morgan fingerprint density at radius 2 is 1.80 bits per heavy atom. The van der Waals surface area contributed by atoms with Crippen molar-refractivity contribution in [3.63, 3.8) is 0 Å². The highest BCUT2D eigenvalue weighted by Crippen LogP contribution is 2.55. The van der Waals surface area contributed by atoms with Gasteiger partial charge in [0.15, 0.2) is 0 Å². The van der Waals surface area contributed by atoms with E-state index in [1.165, 1.54) is 0 Å². The largest absolute Gasteiger partial charge is 0.481 e. The standard InChI is InChI=1S/C20H33NO4/c1-6-18(4)12-15(13(3)19(5,7-2)21-18)20(17(24)25)11-9-8-10-14(20)16(22)23/h8-9,13-15,21H,6-7,10-12H2,1-5H3,(H,22,23)(H,24,25). The maximum atomic E-state index is 12.5. The van der Waals surface area contributed by atoms with E-state index in [0.717, 1.165) is 12.8 Å². The zero-order chi connectivity index (χ0) is 19.0. The number of nitrogens with one attached hydrogen (secondary N) is 1. The van der Waals surface area contributed by atoms with E-state index < -0.39 is 23.3 Å². The molecule has 1 fully saturated rings. The lowest BCUT2D eigenvalue weighted by Crippen LogP contribution is -2.68. The molecule has 1 heterocycles. The van der Waals surface area contributed by atoms with Gasteiger partial charge in [-0.2, -0.15) is 0 Å². The Balaban J connectivity index is 2.61. The van der Waals surface area contributed by atoms with Gasteiger partial charge in [-0.3, -0.25) is 9.59 Å². The van der Waals surface area contributed by atoms with Gasteiger partial charge in [-0.05, 0) is 57.8 Å². The van der Waals surface area contributed by atoms with Crippen molar-refractivity contribution in [1.29, 1.82) is 0 Å². The third-order valence-corrected chi connectivity index (χ3v) is 7.35. The number of hydrogen-bond acceptors (Lipinski definition) is 3. The minimum Gasteiger partial charge on any atom is -0.481 e. The second-order valence-corrected chi connectivity index (χ2v) is 8.56. The molecule has 6 atom stereocenters. The van der Waals surface area contributed by atoms with Gasteiger partial charge in [-0.1, -0.05) is 32.9 Å². The number of aliphatic carboxylic acids is 2. The quantitative estimate of drug-likeness (QED) is 0.658. The highest BCUT2D eigenvalue weighted by Gasteiger charge is 2.61. The second kappa shape index (κ2) is 6.75. The normalized spacial score (nSPS) is 44.4. The Morgan fingerprint density at radius 1 is 1.16 bits per heavy atom. The van der Waals surface area contributed by atoms with E-state index in [1.54, 1.807) is 0 Å². The predicted octanol–water partition coefficient (Wildman–Crippen LogP) is 3.69. The molecule has 6 unspecified atom stereocenters. The van der Waals surface area contributed by atoms with Crippen molar-refractivity contribution in [3.8, 4) is 0 Å². The van der Waals surface area contributed by atoms with Crippen LogP contribution in [0.15, 0.2) is 12.2 Å². The lowest BCUT2D eigenvalue weighted by molar-refractivity contribution is -0.175. The Hall–Kier alpha value is -1.36. The van der Waals surface area contributed by atoms with Crippen LogP contribution in [-0.2, 0) is 9.59 Å². The first kappa shape index (κ1) is 20.0. The van der Waals surface area contributed by atoms with Gasteiger partial charge < -0.3 is 15.5 Å². The number of carbonyl (C=O) groups is 2. The summed E-state index contributed by atoms with van der Waals surface area (Å²) in [4.78, 5) is 24.5. The van der Waals surface area contributed by atoms with Gasteiger partial charge in [0.2, 0.25) is 0 Å². The van der Waals surface area contributed by atoms with Gasteiger partial charge in [0.1, 0.15) is 0 Å². The molecule has 0 aromatic carbocycles. The van der Waals surface area contributed by atoms with Crippen LogP contribution in [0.3, 0.4) is 0 Å². The second-order valence-electron chi connectivity index (χ2n) is 8.56. The number of allylic oxidation sites excluding steroid dienone is 2. The number of carboxylic acid groups (broad SMARTS) is 2. The number of hydrogen-bond donors (Lipinski definition) is 3. The summed E-state index contributed by atoms with van der Waals surface area (Å²) >= 11 is 0. The highest BCUT2D eigenvalue weighted by molar-refractivity contribution is 5.84. The van der Waals surface area contributed by atoms with Crippen LogP contribution in [0.5, 0.6) is 0 Å². The smallest absolute Gasteiger partial charge is 0.311 e. The molecule has 0 bridgehead atoms. The molecule has 1 saturated heterocycles. The molecule has 2 rings (SSSR count). The Morgan fingerprint density at radius 3 is 2.28 bits per heavy atom. The third kappa shape index (κ3) is 3.12. The van der Waals surface area contributed by atoms with Crippen molar-refractivity contribution >= 4 is 11.9 Å². The van der Waals surface area contributed by atoms with Crippen molar-refractivity contribution in [2.24, 2.45) is 23.2 Å². The van der Waals surface area contributed by atoms with E-state index in [2.05, 4.69) is 39.9 Å². The summed E-state index contributed by atoms with van der Waals surface area (Å²) in [5.74, 6) is -2.94. The maximum absolute atomic E-state index is 12.5. The maximum Gasteiger partial charge on any atom is 0.311 e. The van der Waals surface area contributed by atoms with Crippen molar-refractivity contribution < 1.29 is 19.8 Å². The van der Waals surface area contributed by atoms with E-state index in [4.69, 9.17) is 0 Å². The summed E-state index contributed by atoms with van der Waals surface area (Å²) in [6.07, 6.45) is 6.74. The van der Waals surface area contributed by atoms with Crippen LogP contribution >= 0.6 is 0 Å². The van der Waals surface area contributed by atoms with Gasteiger partial charge in [-0.15, -0.1) is 0 Å². The lowest BCUT2D eigenvalue weighted by atomic mass is 9.51. The van der Waals surface area contributed by atoms with E-state index in [-0.39, 0.29) is 22.9 Å². The minimum atomic E-state index is -1.24. The molecule has 5 nitrogen and oxygen atoms in total. The fraction of sp³-hybridized carbons (Fsp3) is 0.800. The summed E-state index contributed by atoms with van der Waals surface area (Å²) in [6, 6.07) is 0. The summed E-state index contributed by atoms with van der Waals surface area (Å²) < 4.78 is 0. The molecule has 0 amide bonds. The molecule has 0 spiro atoms. The van der Waals surface area contributed by atoms with Crippen LogP contribution in [0, 0.1) is 23.2 Å². The topological polar surface area (TPSA) is 86.6 Å². The molecule has 0 aromatic rings. The zero-order valence-electron chi connectivity index (χ0n) is 16.1. The lowest BCUT2D eigenvalue weighted by Gasteiger charge is -2.58. The average Bonchev–Trinajstić information content (AvgIpc) is 2.57. The van der Waals surface area contributed by atoms with E-state index >= 15 is 0 Å². The SMILES string of the molecule is CCC1(C)CC(C2(C(=O)O)CC=CCC2C(=O)O)C(C)C(C)(CC)N1. The molecule has 0 saturated carbocycles. The molecular weight excluding hydrogens is 318 g/mol. The number of carboxylic acids is 2. The fourth-order valence-corrected chi connectivity index (χ4v) is 5.22. The number of piperidine rings is 1. The van der Waals surface area contributed by atoms with E-state index in [9.17, 15) is 19.8 Å². The van der Waals surface area contributed by atoms with Crippen molar-refractivity contribution in [2.45, 2.75) is 77.8 Å². The van der Waals surface area contributed by atoms with Gasteiger partial charge in [0.25, 0.3) is 0 Å². The summed E-state index contributed by atoms with van der Waals surface area (Å²) in [5, 5.41) is 23.8. The van der Waals surface area contributed by atoms with Crippen LogP contribution < -0.4 is 5.32 Å². The fourth-order valence-electron chi connectivity index (χ4n) is 5.22. The average molecular weight is 351 g/mol. The molecule has 142 valence electrons. The van der Waals surface area contributed by atoms with E-state index in [0.29, 0.717) is 19.3 Å². The predicted molar refractivity (Wildman–Crippen MR) is 97.4 cm³/mol. The van der Waals surface area contributed by atoms with Crippen molar-refractivity contribution in [3.05, 3.63) is 12.2 Å². The monoisotopic (exact) mass is 351 g/mol. The Kier molecular flexibility index (Phi) is 5.39. The van der Waals surface area contributed by atoms with Gasteiger partial charge in [0.05, 0.1) is 11.3 Å². The molecule has 5 heteroatoms. The minimum absolute atomic E-state index is 0.0709. The summed E-state index contributed by atoms with van der Waals surface area (Å²) in [5.41, 5.74) is -1.64. The van der Waals surface area contributed by atoms with Crippen LogP contribution in [0.4, 0.5) is 0 Å². The molecule has 3 N–H and O–H groups in total. The molecular formula is C20H33NO4. The Labute approximate surface area is 150 Å². The van der Waals surface area contributed by atoms with Gasteiger partial charge in [0, 0.05) is 11.1 Å².